The lowest BCUT2D eigenvalue weighted by Gasteiger charge is -2.19. The van der Waals surface area contributed by atoms with E-state index in [0.29, 0.717) is 30.0 Å². The van der Waals surface area contributed by atoms with Gasteiger partial charge in [0.1, 0.15) is 30.8 Å². The standard InChI is InChI=1S/C35H47N6O8P/c1-25(2)20-28-10-12-29(13-11-28)26(3)34(42)47-18-19-49-50(44,24-45-17-14-41-23-40-31-32(37)38-22-39-33(31)41)48-16-7-15-46-35(43)30(36)21-27-8-5-4-6-9-27/h4-6,8-13,22-23,25-26,30H,7,14-21,24,36H2,1-3H3,(H2,37,38,39)/t26?,30-,50?/m1/s1. The molecule has 4 aromatic rings. The van der Waals surface area contributed by atoms with Crippen LogP contribution in [0.5, 0.6) is 0 Å². The Balaban J connectivity index is 1.24. The maximum absolute atomic E-state index is 13.7. The number of anilines is 1. The summed E-state index contributed by atoms with van der Waals surface area (Å²) in [7, 11) is -3.82. The van der Waals surface area contributed by atoms with Crippen LogP contribution in [0.25, 0.3) is 11.2 Å². The van der Waals surface area contributed by atoms with Crippen molar-refractivity contribution in [1.82, 2.24) is 19.5 Å². The molecule has 0 aliphatic rings. The second kappa shape index (κ2) is 19.3. The van der Waals surface area contributed by atoms with Crippen LogP contribution < -0.4 is 11.5 Å². The Labute approximate surface area is 292 Å². The third-order valence-corrected chi connectivity index (χ3v) is 9.32. The van der Waals surface area contributed by atoms with Gasteiger partial charge in [0, 0.05) is 13.0 Å². The quantitative estimate of drug-likeness (QED) is 0.0690. The Kier molecular flexibility index (Phi) is 14.9. The number of hydrogen-bond acceptors (Lipinski definition) is 13. The minimum absolute atomic E-state index is 0.00875. The Bertz CT molecular complexity index is 1700. The number of nitrogen functional groups attached to an aromatic ring is 1. The number of rotatable bonds is 21. The Morgan fingerprint density at radius 2 is 1.52 bits per heavy atom. The van der Waals surface area contributed by atoms with Gasteiger partial charge in [0.15, 0.2) is 11.5 Å². The fraction of sp³-hybridized carbons (Fsp3) is 0.457. The molecule has 14 nitrogen and oxygen atoms in total. The summed E-state index contributed by atoms with van der Waals surface area (Å²) in [5.74, 6) is -0.663. The fourth-order valence-corrected chi connectivity index (χ4v) is 6.34. The fourth-order valence-electron chi connectivity index (χ4n) is 5.00. The van der Waals surface area contributed by atoms with E-state index in [1.807, 2.05) is 54.6 Å². The third kappa shape index (κ3) is 12.0. The number of nitrogens with zero attached hydrogens (tertiary/aromatic N) is 4. The van der Waals surface area contributed by atoms with Crippen LogP contribution in [0.15, 0.2) is 67.3 Å². The number of carbonyl (C=O) groups excluding carboxylic acids is 2. The summed E-state index contributed by atoms with van der Waals surface area (Å²) in [5.41, 5.74) is 15.8. The van der Waals surface area contributed by atoms with Gasteiger partial charge in [0.05, 0.1) is 38.7 Å². The van der Waals surface area contributed by atoms with Gasteiger partial charge in [-0.05, 0) is 42.4 Å². The largest absolute Gasteiger partial charge is 0.464 e. The second-order valence-corrected chi connectivity index (χ2v) is 14.2. The van der Waals surface area contributed by atoms with Crippen molar-refractivity contribution in [3.63, 3.8) is 0 Å². The average Bonchev–Trinajstić information content (AvgIpc) is 3.52. The number of carbonyl (C=O) groups is 2. The molecule has 0 radical (unpaired) electrons. The molecule has 3 atom stereocenters. The number of hydrogen-bond donors (Lipinski definition) is 2. The molecule has 2 unspecified atom stereocenters. The molecule has 0 saturated carbocycles. The number of esters is 2. The van der Waals surface area contributed by atoms with Crippen molar-refractivity contribution in [2.45, 2.75) is 58.5 Å². The van der Waals surface area contributed by atoms with E-state index in [9.17, 15) is 14.2 Å². The zero-order valence-corrected chi connectivity index (χ0v) is 29.7. The SMILES string of the molecule is CC(C)Cc1ccc(C(C)C(=O)OCCOP(=O)(COCCn2cnc3c(N)ncnc32)OCCCOC(=O)[C@H](N)Cc2ccccc2)cc1. The smallest absolute Gasteiger partial charge is 0.356 e. The lowest BCUT2D eigenvalue weighted by molar-refractivity contribution is -0.146. The molecule has 0 aliphatic carbocycles. The summed E-state index contributed by atoms with van der Waals surface area (Å²) in [5, 5.41) is 0. The molecule has 15 heteroatoms. The minimum atomic E-state index is -3.82. The maximum atomic E-state index is 13.7. The summed E-state index contributed by atoms with van der Waals surface area (Å²) < 4.78 is 43.1. The highest BCUT2D eigenvalue weighted by Crippen LogP contribution is 2.48. The second-order valence-electron chi connectivity index (χ2n) is 12.2. The van der Waals surface area contributed by atoms with E-state index in [4.69, 9.17) is 34.7 Å². The van der Waals surface area contributed by atoms with Crippen LogP contribution in [0.1, 0.15) is 49.8 Å². The maximum Gasteiger partial charge on any atom is 0.356 e. The molecule has 2 aromatic carbocycles. The normalized spacial score (nSPS) is 13.9. The number of benzene rings is 2. The molecule has 2 aromatic heterocycles. The lowest BCUT2D eigenvalue weighted by Crippen LogP contribution is -2.34. The van der Waals surface area contributed by atoms with Crippen LogP contribution in [0.3, 0.4) is 0 Å². The van der Waals surface area contributed by atoms with E-state index >= 15 is 0 Å². The highest BCUT2D eigenvalue weighted by atomic mass is 31.2. The molecule has 0 amide bonds. The van der Waals surface area contributed by atoms with Crippen molar-refractivity contribution in [1.29, 1.82) is 0 Å². The third-order valence-electron chi connectivity index (χ3n) is 7.67. The van der Waals surface area contributed by atoms with Gasteiger partial charge in [-0.3, -0.25) is 14.2 Å². The van der Waals surface area contributed by atoms with Crippen molar-refractivity contribution in [2.24, 2.45) is 11.7 Å². The minimum Gasteiger partial charge on any atom is -0.464 e. The van der Waals surface area contributed by atoms with Crippen LogP contribution >= 0.6 is 7.60 Å². The monoisotopic (exact) mass is 710 g/mol. The predicted molar refractivity (Wildman–Crippen MR) is 188 cm³/mol. The molecule has 2 heterocycles. The van der Waals surface area contributed by atoms with Gasteiger partial charge in [-0.1, -0.05) is 68.4 Å². The van der Waals surface area contributed by atoms with Crippen molar-refractivity contribution in [2.75, 3.05) is 45.1 Å². The highest BCUT2D eigenvalue weighted by molar-refractivity contribution is 7.53. The van der Waals surface area contributed by atoms with Crippen molar-refractivity contribution < 1.29 is 37.4 Å². The van der Waals surface area contributed by atoms with E-state index in [1.54, 1.807) is 17.8 Å². The van der Waals surface area contributed by atoms with E-state index in [2.05, 4.69) is 28.8 Å². The first-order valence-corrected chi connectivity index (χ1v) is 18.4. The first-order chi connectivity index (χ1) is 24.0. The predicted octanol–water partition coefficient (Wildman–Crippen LogP) is 4.66. The number of nitrogens with two attached hydrogens (primary N) is 2. The van der Waals surface area contributed by atoms with Crippen molar-refractivity contribution >= 4 is 36.5 Å². The zero-order valence-electron chi connectivity index (χ0n) is 28.8. The van der Waals surface area contributed by atoms with Crippen LogP contribution in [0.2, 0.25) is 0 Å². The summed E-state index contributed by atoms with van der Waals surface area (Å²) >= 11 is 0. The first kappa shape index (κ1) is 38.6. The van der Waals surface area contributed by atoms with Gasteiger partial charge in [-0.15, -0.1) is 0 Å². The van der Waals surface area contributed by atoms with E-state index < -0.39 is 31.5 Å². The summed E-state index contributed by atoms with van der Waals surface area (Å²) in [6.45, 7) is 6.19. The van der Waals surface area contributed by atoms with Gasteiger partial charge in [-0.2, -0.15) is 0 Å². The summed E-state index contributed by atoms with van der Waals surface area (Å²) in [6.07, 6.45) is 4.08. The van der Waals surface area contributed by atoms with Crippen molar-refractivity contribution in [3.05, 3.63) is 83.9 Å². The Hall–Kier alpha value is -4.20. The highest BCUT2D eigenvalue weighted by Gasteiger charge is 2.26. The zero-order chi connectivity index (χ0) is 35.9. The molecule has 270 valence electrons. The number of ether oxygens (including phenoxy) is 3. The van der Waals surface area contributed by atoms with E-state index in [-0.39, 0.29) is 51.6 Å². The number of imidazole rings is 1. The first-order valence-electron chi connectivity index (χ1n) is 16.6. The van der Waals surface area contributed by atoms with Gasteiger partial charge < -0.3 is 39.3 Å². The van der Waals surface area contributed by atoms with Crippen molar-refractivity contribution in [3.8, 4) is 0 Å². The van der Waals surface area contributed by atoms with Crippen LogP contribution in [0.4, 0.5) is 5.82 Å². The van der Waals surface area contributed by atoms with Gasteiger partial charge in [0.2, 0.25) is 0 Å². The molecule has 0 fully saturated rings. The van der Waals surface area contributed by atoms with Gasteiger partial charge in [-0.25, -0.2) is 15.0 Å². The van der Waals surface area contributed by atoms with E-state index in [0.717, 1.165) is 17.5 Å². The molecule has 0 saturated heterocycles. The molecule has 0 bridgehead atoms. The van der Waals surface area contributed by atoms with Crippen LogP contribution in [-0.2, 0) is 56.8 Å². The van der Waals surface area contributed by atoms with E-state index in [1.165, 1.54) is 11.9 Å². The van der Waals surface area contributed by atoms with Gasteiger partial charge >= 0.3 is 19.5 Å². The molecule has 4 N–H and O–H groups in total. The Morgan fingerprint density at radius 3 is 2.26 bits per heavy atom. The Morgan fingerprint density at radius 1 is 0.820 bits per heavy atom. The number of fused-ring (bicyclic) bond motifs is 1. The molecule has 0 aliphatic heterocycles. The molecule has 0 spiro atoms. The molecular formula is C35H47N6O8P. The lowest BCUT2D eigenvalue weighted by atomic mass is 9.97. The molecule has 50 heavy (non-hydrogen) atoms. The summed E-state index contributed by atoms with van der Waals surface area (Å²) in [6, 6.07) is 16.5. The molecule has 4 rings (SSSR count). The van der Waals surface area contributed by atoms with Crippen LogP contribution in [-0.4, -0.2) is 76.9 Å². The van der Waals surface area contributed by atoms with Gasteiger partial charge in [0.25, 0.3) is 0 Å². The topological polar surface area (TPSA) is 193 Å². The molecular weight excluding hydrogens is 663 g/mol. The van der Waals surface area contributed by atoms with Crippen LogP contribution in [0, 0.1) is 5.92 Å². The summed E-state index contributed by atoms with van der Waals surface area (Å²) in [4.78, 5) is 37.5. The number of aromatic nitrogens is 4. The average molecular weight is 711 g/mol.